The van der Waals surface area contributed by atoms with Crippen LogP contribution in [-0.4, -0.2) is 35.8 Å². The number of carbonyl (C=O) groups excluding carboxylic acids is 1. The largest absolute Gasteiger partial charge is 0.496 e. The molecule has 118 valence electrons. The molecule has 2 atom stereocenters. The van der Waals surface area contributed by atoms with E-state index in [9.17, 15) is 4.79 Å². The monoisotopic (exact) mass is 302 g/mol. The van der Waals surface area contributed by atoms with Gasteiger partial charge in [0.15, 0.2) is 0 Å². The van der Waals surface area contributed by atoms with Crippen molar-refractivity contribution in [2.24, 2.45) is 5.92 Å². The first-order valence-electron chi connectivity index (χ1n) is 7.80. The van der Waals surface area contributed by atoms with Gasteiger partial charge in [-0.15, -0.1) is 0 Å². The van der Waals surface area contributed by atoms with Crippen LogP contribution in [-0.2, 0) is 14.1 Å². The fourth-order valence-corrected chi connectivity index (χ4v) is 2.85. The smallest absolute Gasteiger partial charge is 0.399 e. The minimum Gasteiger partial charge on any atom is -0.399 e. The molecule has 0 spiro atoms. The number of hydrogen-bond donors (Lipinski definition) is 1. The zero-order chi connectivity index (χ0) is 16.1. The highest BCUT2D eigenvalue weighted by molar-refractivity contribution is 6.62. The van der Waals surface area contributed by atoms with Crippen LogP contribution in [0.25, 0.3) is 0 Å². The number of aromatic nitrogens is 1. The number of nitrogens with one attached hydrogen (secondary N) is 1. The number of pyridine rings is 1. The van der Waals surface area contributed by atoms with Crippen LogP contribution in [0.5, 0.6) is 0 Å². The molecule has 2 saturated heterocycles. The molecule has 5 nitrogen and oxygen atoms in total. The second kappa shape index (κ2) is 5.06. The molecule has 0 bridgehead atoms. The van der Waals surface area contributed by atoms with Crippen molar-refractivity contribution in [2.45, 2.75) is 51.7 Å². The standard InChI is InChI=1S/C16H23BN2O3/c1-10-12(9-19-14(10)20)13-7-6-11(8-18-13)17-21-15(2,3)16(4,5)22-17/h6-8,10,12H,9H2,1-5H3,(H,19,20). The third-order valence-corrected chi connectivity index (χ3v) is 5.23. The molecule has 3 heterocycles. The molecule has 22 heavy (non-hydrogen) atoms. The van der Waals surface area contributed by atoms with Gasteiger partial charge in [-0.2, -0.15) is 0 Å². The van der Waals surface area contributed by atoms with Crippen LogP contribution in [0.3, 0.4) is 0 Å². The molecule has 0 aromatic carbocycles. The summed E-state index contributed by atoms with van der Waals surface area (Å²) in [5.41, 5.74) is 1.14. The van der Waals surface area contributed by atoms with Crippen LogP contribution < -0.4 is 10.8 Å². The fraction of sp³-hybridized carbons (Fsp3) is 0.625. The number of rotatable bonds is 2. The Kier molecular flexibility index (Phi) is 3.57. The lowest BCUT2D eigenvalue weighted by Crippen LogP contribution is -2.41. The Morgan fingerprint density at radius 1 is 1.23 bits per heavy atom. The van der Waals surface area contributed by atoms with Crippen LogP contribution >= 0.6 is 0 Å². The van der Waals surface area contributed by atoms with Crippen LogP contribution in [0.2, 0.25) is 0 Å². The third-order valence-electron chi connectivity index (χ3n) is 5.23. The van der Waals surface area contributed by atoms with Crippen molar-refractivity contribution in [1.82, 2.24) is 10.3 Å². The zero-order valence-electron chi connectivity index (χ0n) is 13.8. The summed E-state index contributed by atoms with van der Waals surface area (Å²) in [4.78, 5) is 16.1. The summed E-state index contributed by atoms with van der Waals surface area (Å²) in [6, 6.07) is 3.96. The number of carbonyl (C=O) groups is 1. The van der Waals surface area contributed by atoms with Crippen molar-refractivity contribution in [3.8, 4) is 0 Å². The SMILES string of the molecule is CC1C(=O)NCC1c1ccc(B2OC(C)(C)C(C)(C)O2)cn1. The average molecular weight is 302 g/mol. The topological polar surface area (TPSA) is 60.5 Å². The highest BCUT2D eigenvalue weighted by Gasteiger charge is 2.51. The Labute approximate surface area is 131 Å². The molecule has 0 aliphatic carbocycles. The van der Waals surface area contributed by atoms with Gasteiger partial charge in [-0.05, 0) is 33.8 Å². The maximum atomic E-state index is 11.6. The van der Waals surface area contributed by atoms with E-state index < -0.39 is 7.12 Å². The molecule has 2 aliphatic heterocycles. The normalized spacial score (nSPS) is 29.7. The number of nitrogens with zero attached hydrogens (tertiary/aromatic N) is 1. The van der Waals surface area contributed by atoms with E-state index in [1.807, 2.05) is 46.8 Å². The Hall–Kier alpha value is -1.40. The summed E-state index contributed by atoms with van der Waals surface area (Å²) in [6.07, 6.45) is 1.80. The maximum absolute atomic E-state index is 11.6. The number of amides is 1. The summed E-state index contributed by atoms with van der Waals surface area (Å²) in [6.45, 7) is 10.7. The van der Waals surface area contributed by atoms with Gasteiger partial charge in [0.05, 0.1) is 11.2 Å². The summed E-state index contributed by atoms with van der Waals surface area (Å²) in [7, 11) is -0.396. The molecule has 3 rings (SSSR count). The lowest BCUT2D eigenvalue weighted by Gasteiger charge is -2.32. The summed E-state index contributed by atoms with van der Waals surface area (Å²) < 4.78 is 12.0. The molecule has 2 unspecified atom stereocenters. The van der Waals surface area contributed by atoms with Crippen LogP contribution in [0.4, 0.5) is 0 Å². The number of hydrogen-bond acceptors (Lipinski definition) is 4. The molecule has 1 N–H and O–H groups in total. The van der Waals surface area contributed by atoms with E-state index in [1.54, 1.807) is 6.20 Å². The first kappa shape index (κ1) is 15.5. The maximum Gasteiger partial charge on any atom is 0.496 e. The molecule has 1 amide bonds. The van der Waals surface area contributed by atoms with Gasteiger partial charge in [-0.25, -0.2) is 0 Å². The van der Waals surface area contributed by atoms with E-state index in [0.717, 1.165) is 11.2 Å². The Balaban J connectivity index is 1.77. The molecular weight excluding hydrogens is 279 g/mol. The summed E-state index contributed by atoms with van der Waals surface area (Å²) >= 11 is 0. The molecule has 0 radical (unpaired) electrons. The van der Waals surface area contributed by atoms with E-state index in [-0.39, 0.29) is 28.9 Å². The quantitative estimate of drug-likeness (QED) is 0.835. The van der Waals surface area contributed by atoms with E-state index in [1.165, 1.54) is 0 Å². The summed E-state index contributed by atoms with van der Waals surface area (Å²) in [5, 5.41) is 2.88. The molecule has 2 aliphatic rings. The van der Waals surface area contributed by atoms with E-state index >= 15 is 0 Å². The van der Waals surface area contributed by atoms with Gasteiger partial charge in [0.1, 0.15) is 0 Å². The van der Waals surface area contributed by atoms with Gasteiger partial charge in [0.2, 0.25) is 5.91 Å². The minimum atomic E-state index is -0.396. The Bertz CT molecular complexity index is 570. The van der Waals surface area contributed by atoms with Crippen molar-refractivity contribution in [1.29, 1.82) is 0 Å². The molecular formula is C16H23BN2O3. The van der Waals surface area contributed by atoms with Crippen LogP contribution in [0.1, 0.15) is 46.2 Å². The van der Waals surface area contributed by atoms with Gasteiger partial charge >= 0.3 is 7.12 Å². The van der Waals surface area contributed by atoms with Gasteiger partial charge in [-0.1, -0.05) is 13.0 Å². The van der Waals surface area contributed by atoms with Crippen molar-refractivity contribution in [2.75, 3.05) is 6.54 Å². The second-order valence-corrected chi connectivity index (χ2v) is 7.24. The fourth-order valence-electron chi connectivity index (χ4n) is 2.85. The lowest BCUT2D eigenvalue weighted by atomic mass is 9.80. The molecule has 2 fully saturated rings. The molecule has 1 aromatic rings. The van der Waals surface area contributed by atoms with Crippen molar-refractivity contribution < 1.29 is 14.1 Å². The van der Waals surface area contributed by atoms with Crippen molar-refractivity contribution >= 4 is 18.5 Å². The average Bonchev–Trinajstić information content (AvgIpc) is 2.88. The van der Waals surface area contributed by atoms with E-state index in [2.05, 4.69) is 10.3 Å². The van der Waals surface area contributed by atoms with Crippen LogP contribution in [0.15, 0.2) is 18.3 Å². The first-order valence-corrected chi connectivity index (χ1v) is 7.80. The van der Waals surface area contributed by atoms with E-state index in [0.29, 0.717) is 6.54 Å². The molecule has 1 aromatic heterocycles. The van der Waals surface area contributed by atoms with Crippen LogP contribution in [0, 0.1) is 5.92 Å². The van der Waals surface area contributed by atoms with Gasteiger partial charge in [0.25, 0.3) is 0 Å². The second-order valence-electron chi connectivity index (χ2n) is 7.24. The van der Waals surface area contributed by atoms with Gasteiger partial charge in [-0.3, -0.25) is 9.78 Å². The minimum absolute atomic E-state index is 0.0322. The predicted molar refractivity (Wildman–Crippen MR) is 84.9 cm³/mol. The van der Waals surface area contributed by atoms with E-state index in [4.69, 9.17) is 9.31 Å². The third kappa shape index (κ3) is 2.44. The van der Waals surface area contributed by atoms with Crippen molar-refractivity contribution in [3.63, 3.8) is 0 Å². The van der Waals surface area contributed by atoms with Crippen molar-refractivity contribution in [3.05, 3.63) is 24.0 Å². The highest BCUT2D eigenvalue weighted by atomic mass is 16.7. The predicted octanol–water partition coefficient (Wildman–Crippen LogP) is 1.23. The first-order chi connectivity index (χ1) is 10.2. The summed E-state index contributed by atoms with van der Waals surface area (Å²) in [5.74, 6) is 0.205. The highest BCUT2D eigenvalue weighted by Crippen LogP contribution is 2.36. The lowest BCUT2D eigenvalue weighted by molar-refractivity contribution is -0.122. The Morgan fingerprint density at radius 2 is 1.86 bits per heavy atom. The molecule has 6 heteroatoms. The van der Waals surface area contributed by atoms with Gasteiger partial charge in [0, 0.05) is 35.7 Å². The zero-order valence-corrected chi connectivity index (χ0v) is 13.8. The Morgan fingerprint density at radius 3 is 2.32 bits per heavy atom. The molecule has 0 saturated carbocycles. The van der Waals surface area contributed by atoms with Gasteiger partial charge < -0.3 is 14.6 Å².